The van der Waals surface area contributed by atoms with Crippen molar-refractivity contribution in [2.45, 2.75) is 38.7 Å². The molecule has 0 aliphatic carbocycles. The molecule has 1 aromatic carbocycles. The van der Waals surface area contributed by atoms with Gasteiger partial charge in [-0.05, 0) is 43.9 Å². The first-order valence-electron chi connectivity index (χ1n) is 6.21. The predicted octanol–water partition coefficient (Wildman–Crippen LogP) is 2.25. The molecule has 0 bridgehead atoms. The van der Waals surface area contributed by atoms with Crippen molar-refractivity contribution in [2.24, 2.45) is 5.73 Å². The van der Waals surface area contributed by atoms with Crippen molar-refractivity contribution in [3.8, 4) is 5.75 Å². The van der Waals surface area contributed by atoms with Crippen molar-refractivity contribution in [3.63, 3.8) is 0 Å². The number of benzene rings is 1. The second-order valence-electron chi connectivity index (χ2n) is 4.55. The first-order valence-corrected chi connectivity index (χ1v) is 6.21. The Kier molecular flexibility index (Phi) is 5.45. The van der Waals surface area contributed by atoms with Gasteiger partial charge in [0.15, 0.2) is 0 Å². The minimum Gasteiger partial charge on any atom is -0.494 e. The van der Waals surface area contributed by atoms with Gasteiger partial charge in [0.2, 0.25) is 0 Å². The molecule has 17 heavy (non-hydrogen) atoms. The number of hydrogen-bond acceptors (Lipinski definition) is 3. The lowest BCUT2D eigenvalue weighted by Gasteiger charge is -2.24. The topological polar surface area (TPSA) is 55.5 Å². The molecule has 96 valence electrons. The van der Waals surface area contributed by atoms with E-state index >= 15 is 0 Å². The Labute approximate surface area is 104 Å². The third kappa shape index (κ3) is 4.75. The van der Waals surface area contributed by atoms with E-state index in [1.165, 1.54) is 5.56 Å². The van der Waals surface area contributed by atoms with Crippen molar-refractivity contribution in [3.05, 3.63) is 29.8 Å². The fourth-order valence-corrected chi connectivity index (χ4v) is 1.72. The van der Waals surface area contributed by atoms with Gasteiger partial charge in [-0.25, -0.2) is 0 Å². The maximum Gasteiger partial charge on any atom is 0.119 e. The average Bonchev–Trinajstić information content (AvgIpc) is 2.34. The molecule has 3 heteroatoms. The Morgan fingerprint density at radius 3 is 2.76 bits per heavy atom. The van der Waals surface area contributed by atoms with E-state index in [1.807, 2.05) is 38.1 Å². The summed E-state index contributed by atoms with van der Waals surface area (Å²) in [5.74, 6) is 0.887. The van der Waals surface area contributed by atoms with Crippen LogP contribution in [0.5, 0.6) is 5.75 Å². The van der Waals surface area contributed by atoms with Crippen molar-refractivity contribution in [1.82, 2.24) is 0 Å². The quantitative estimate of drug-likeness (QED) is 0.715. The van der Waals surface area contributed by atoms with Crippen LogP contribution >= 0.6 is 0 Å². The van der Waals surface area contributed by atoms with Gasteiger partial charge in [0, 0.05) is 6.54 Å². The Bertz CT molecular complexity index is 335. The molecule has 0 aromatic heterocycles. The molecule has 0 heterocycles. The molecule has 1 atom stereocenters. The van der Waals surface area contributed by atoms with Gasteiger partial charge in [-0.15, -0.1) is 0 Å². The Hall–Kier alpha value is -1.06. The molecule has 0 amide bonds. The minimum atomic E-state index is -0.726. The minimum absolute atomic E-state index is 0.313. The molecule has 0 saturated carbocycles. The lowest BCUT2D eigenvalue weighted by molar-refractivity contribution is 0.0309. The van der Waals surface area contributed by atoms with E-state index in [0.29, 0.717) is 26.0 Å². The van der Waals surface area contributed by atoms with E-state index < -0.39 is 5.60 Å². The summed E-state index contributed by atoms with van der Waals surface area (Å²) < 4.78 is 5.62. The molecule has 0 spiro atoms. The maximum atomic E-state index is 9.99. The highest BCUT2D eigenvalue weighted by molar-refractivity contribution is 5.27. The molecule has 1 aromatic rings. The van der Waals surface area contributed by atoms with Gasteiger partial charge in [-0.2, -0.15) is 0 Å². The zero-order valence-corrected chi connectivity index (χ0v) is 10.8. The molecule has 0 fully saturated rings. The zero-order valence-electron chi connectivity index (χ0n) is 10.8. The summed E-state index contributed by atoms with van der Waals surface area (Å²) in [6.07, 6.45) is 2.19. The van der Waals surface area contributed by atoms with Crippen LogP contribution in [0.15, 0.2) is 24.3 Å². The van der Waals surface area contributed by atoms with Crippen LogP contribution in [0, 0.1) is 6.92 Å². The summed E-state index contributed by atoms with van der Waals surface area (Å²) in [6, 6.07) is 7.97. The summed E-state index contributed by atoms with van der Waals surface area (Å²) in [4.78, 5) is 0. The second kappa shape index (κ2) is 6.62. The number of hydrogen-bond donors (Lipinski definition) is 2. The van der Waals surface area contributed by atoms with Crippen LogP contribution in [0.3, 0.4) is 0 Å². The lowest BCUT2D eigenvalue weighted by Crippen LogP contribution is -2.37. The third-order valence-corrected chi connectivity index (χ3v) is 3.08. The van der Waals surface area contributed by atoms with E-state index in [2.05, 4.69) is 0 Å². The largest absolute Gasteiger partial charge is 0.494 e. The summed E-state index contributed by atoms with van der Waals surface area (Å²) in [5.41, 5.74) is 6.00. The fourth-order valence-electron chi connectivity index (χ4n) is 1.72. The number of ether oxygens (including phenoxy) is 1. The van der Waals surface area contributed by atoms with Crippen molar-refractivity contribution < 1.29 is 9.84 Å². The molecule has 1 rings (SSSR count). The molecule has 0 aliphatic heterocycles. The molecule has 3 nitrogen and oxygen atoms in total. The zero-order chi connectivity index (χ0) is 12.7. The van der Waals surface area contributed by atoms with E-state index in [4.69, 9.17) is 10.5 Å². The molecule has 0 saturated heterocycles. The van der Waals surface area contributed by atoms with E-state index in [0.717, 1.165) is 12.2 Å². The summed E-state index contributed by atoms with van der Waals surface area (Å²) in [6.45, 7) is 4.92. The number of aliphatic hydroxyl groups is 1. The van der Waals surface area contributed by atoms with Crippen molar-refractivity contribution >= 4 is 0 Å². The van der Waals surface area contributed by atoms with Crippen LogP contribution in [0.4, 0.5) is 0 Å². The van der Waals surface area contributed by atoms with Crippen LogP contribution in [-0.4, -0.2) is 23.9 Å². The average molecular weight is 237 g/mol. The number of rotatable bonds is 7. The van der Waals surface area contributed by atoms with Crippen LogP contribution in [0.2, 0.25) is 0 Å². The van der Waals surface area contributed by atoms with Crippen molar-refractivity contribution in [2.75, 3.05) is 13.2 Å². The third-order valence-electron chi connectivity index (χ3n) is 3.08. The van der Waals surface area contributed by atoms with Gasteiger partial charge in [0.1, 0.15) is 5.75 Å². The van der Waals surface area contributed by atoms with Crippen LogP contribution in [0.25, 0.3) is 0 Å². The van der Waals surface area contributed by atoms with E-state index in [1.54, 1.807) is 0 Å². The van der Waals surface area contributed by atoms with Crippen LogP contribution in [0.1, 0.15) is 31.7 Å². The standard InChI is InChI=1S/C14H23NO2/c1-3-14(16,11-15)8-5-9-17-13-7-4-6-12(2)10-13/h4,6-7,10,16H,3,5,8-9,11,15H2,1-2H3. The molecule has 0 radical (unpaired) electrons. The second-order valence-corrected chi connectivity index (χ2v) is 4.55. The Morgan fingerprint density at radius 1 is 1.41 bits per heavy atom. The first kappa shape index (κ1) is 14.0. The van der Waals surface area contributed by atoms with Crippen LogP contribution in [-0.2, 0) is 0 Å². The lowest BCUT2D eigenvalue weighted by atomic mass is 9.95. The van der Waals surface area contributed by atoms with Crippen molar-refractivity contribution in [1.29, 1.82) is 0 Å². The molecule has 3 N–H and O–H groups in total. The van der Waals surface area contributed by atoms with Gasteiger partial charge < -0.3 is 15.6 Å². The molecular weight excluding hydrogens is 214 g/mol. The summed E-state index contributed by atoms with van der Waals surface area (Å²) >= 11 is 0. The smallest absolute Gasteiger partial charge is 0.119 e. The van der Waals surface area contributed by atoms with E-state index in [-0.39, 0.29) is 0 Å². The highest BCUT2D eigenvalue weighted by Gasteiger charge is 2.21. The van der Waals surface area contributed by atoms with E-state index in [9.17, 15) is 5.11 Å². The Morgan fingerprint density at radius 2 is 2.18 bits per heavy atom. The molecular formula is C14H23NO2. The fraction of sp³-hybridized carbons (Fsp3) is 0.571. The van der Waals surface area contributed by atoms with Gasteiger partial charge >= 0.3 is 0 Å². The van der Waals surface area contributed by atoms with Gasteiger partial charge in [-0.3, -0.25) is 0 Å². The molecule has 0 aliphatic rings. The van der Waals surface area contributed by atoms with Gasteiger partial charge in [-0.1, -0.05) is 19.1 Å². The number of nitrogens with two attached hydrogens (primary N) is 1. The van der Waals surface area contributed by atoms with Crippen LogP contribution < -0.4 is 10.5 Å². The van der Waals surface area contributed by atoms with Gasteiger partial charge in [0.25, 0.3) is 0 Å². The first-order chi connectivity index (χ1) is 8.09. The normalized spacial score (nSPS) is 14.4. The maximum absolute atomic E-state index is 9.99. The highest BCUT2D eigenvalue weighted by atomic mass is 16.5. The van der Waals surface area contributed by atoms with Gasteiger partial charge in [0.05, 0.1) is 12.2 Å². The predicted molar refractivity (Wildman–Crippen MR) is 70.2 cm³/mol. The summed E-state index contributed by atoms with van der Waals surface area (Å²) in [7, 11) is 0. The SMILES string of the molecule is CCC(O)(CN)CCCOc1cccc(C)c1. The Balaban J connectivity index is 2.29. The highest BCUT2D eigenvalue weighted by Crippen LogP contribution is 2.17. The molecule has 1 unspecified atom stereocenters. The summed E-state index contributed by atoms with van der Waals surface area (Å²) in [5, 5.41) is 9.99. The number of aryl methyl sites for hydroxylation is 1. The monoisotopic (exact) mass is 237 g/mol.